The lowest BCUT2D eigenvalue weighted by atomic mass is 9.90. The Morgan fingerprint density at radius 3 is 2.64 bits per heavy atom. The van der Waals surface area contributed by atoms with Crippen LogP contribution in [0.2, 0.25) is 0 Å². The van der Waals surface area contributed by atoms with E-state index in [2.05, 4.69) is 41.9 Å². The molecule has 0 amide bonds. The van der Waals surface area contributed by atoms with Crippen LogP contribution < -0.4 is 0 Å². The zero-order chi connectivity index (χ0) is 10.3. The Labute approximate surface area is 91.4 Å². The van der Waals surface area contributed by atoms with Gasteiger partial charge in [-0.15, -0.1) is 0 Å². The molecule has 1 aromatic heterocycles. The summed E-state index contributed by atoms with van der Waals surface area (Å²) in [5.41, 5.74) is 1.85. The summed E-state index contributed by atoms with van der Waals surface area (Å²) >= 11 is 3.52. The van der Waals surface area contributed by atoms with Gasteiger partial charge in [-0.25, -0.2) is 0 Å². The van der Waals surface area contributed by atoms with Gasteiger partial charge in [-0.2, -0.15) is 0 Å². The molecule has 0 unspecified atom stereocenters. The Morgan fingerprint density at radius 2 is 2.00 bits per heavy atom. The molecule has 0 fully saturated rings. The van der Waals surface area contributed by atoms with Gasteiger partial charge in [-0.05, 0) is 28.1 Å². The van der Waals surface area contributed by atoms with Gasteiger partial charge < -0.3 is 4.52 Å². The van der Waals surface area contributed by atoms with E-state index in [-0.39, 0.29) is 5.41 Å². The Morgan fingerprint density at radius 1 is 1.29 bits per heavy atom. The maximum Gasteiger partial charge on any atom is 0.168 e. The topological polar surface area (TPSA) is 26.0 Å². The van der Waals surface area contributed by atoms with Gasteiger partial charge in [0.05, 0.1) is 11.1 Å². The zero-order valence-corrected chi connectivity index (χ0v) is 10.1. The summed E-state index contributed by atoms with van der Waals surface area (Å²) < 4.78 is 6.32. The lowest BCUT2D eigenvalue weighted by Crippen LogP contribution is -2.11. The van der Waals surface area contributed by atoms with Crippen LogP contribution in [0, 0.1) is 0 Å². The minimum Gasteiger partial charge on any atom is -0.356 e. The van der Waals surface area contributed by atoms with Gasteiger partial charge in [0.15, 0.2) is 5.58 Å². The molecule has 0 atom stereocenters. The Balaban J connectivity index is 2.80. The van der Waals surface area contributed by atoms with Crippen LogP contribution in [0.15, 0.2) is 27.2 Å². The summed E-state index contributed by atoms with van der Waals surface area (Å²) in [5, 5.41) is 5.21. The van der Waals surface area contributed by atoms with Crippen LogP contribution in [-0.2, 0) is 5.41 Å². The lowest BCUT2D eigenvalue weighted by Gasteiger charge is -2.14. The molecule has 0 spiro atoms. The molecular formula is C11H12BrNO. The molecule has 3 heteroatoms. The largest absolute Gasteiger partial charge is 0.356 e. The van der Waals surface area contributed by atoms with Crippen molar-refractivity contribution < 1.29 is 4.52 Å². The number of rotatable bonds is 0. The summed E-state index contributed by atoms with van der Waals surface area (Å²) in [5.74, 6) is 0. The number of hydrogen-bond acceptors (Lipinski definition) is 2. The first-order chi connectivity index (χ1) is 6.50. The maximum atomic E-state index is 5.28. The first-order valence-corrected chi connectivity index (χ1v) is 5.34. The van der Waals surface area contributed by atoms with Crippen LogP contribution in [0.25, 0.3) is 11.0 Å². The molecule has 2 nitrogen and oxygen atoms in total. The molecule has 0 aliphatic rings. The lowest BCUT2D eigenvalue weighted by molar-refractivity contribution is 0.419. The van der Waals surface area contributed by atoms with Crippen molar-refractivity contribution in [3.8, 4) is 0 Å². The number of nitrogens with zero attached hydrogens (tertiary/aromatic N) is 1. The van der Waals surface area contributed by atoms with Crippen LogP contribution in [0.5, 0.6) is 0 Å². The number of fused-ring (bicyclic) bond motifs is 1. The molecule has 2 aromatic rings. The third kappa shape index (κ3) is 1.46. The fourth-order valence-corrected chi connectivity index (χ4v) is 2.00. The predicted molar refractivity (Wildman–Crippen MR) is 60.4 cm³/mol. The Hall–Kier alpha value is -0.830. The van der Waals surface area contributed by atoms with Gasteiger partial charge >= 0.3 is 0 Å². The van der Waals surface area contributed by atoms with Crippen molar-refractivity contribution in [2.45, 2.75) is 26.2 Å². The third-order valence-electron chi connectivity index (χ3n) is 2.16. The van der Waals surface area contributed by atoms with Gasteiger partial charge in [-0.1, -0.05) is 32.0 Å². The standard InChI is InChI=1S/C11H12BrNO/c1-11(2,3)10-9-7(12)5-4-6-8(9)14-13-10/h4-6H,1-3H3. The first-order valence-electron chi connectivity index (χ1n) is 4.54. The van der Waals surface area contributed by atoms with Crippen LogP contribution in [0.3, 0.4) is 0 Å². The molecule has 1 heterocycles. The van der Waals surface area contributed by atoms with Crippen molar-refractivity contribution in [3.05, 3.63) is 28.4 Å². The van der Waals surface area contributed by atoms with Gasteiger partial charge in [0.2, 0.25) is 0 Å². The van der Waals surface area contributed by atoms with E-state index >= 15 is 0 Å². The SMILES string of the molecule is CC(C)(C)c1noc2cccc(Br)c12. The molecule has 0 N–H and O–H groups in total. The molecule has 0 saturated heterocycles. The molecule has 0 aliphatic heterocycles. The normalized spacial score (nSPS) is 12.3. The monoisotopic (exact) mass is 253 g/mol. The second kappa shape index (κ2) is 3.09. The smallest absolute Gasteiger partial charge is 0.168 e. The van der Waals surface area contributed by atoms with E-state index in [0.717, 1.165) is 21.1 Å². The highest BCUT2D eigenvalue weighted by Crippen LogP contribution is 2.33. The molecule has 2 rings (SSSR count). The van der Waals surface area contributed by atoms with Gasteiger partial charge in [0.1, 0.15) is 0 Å². The molecule has 14 heavy (non-hydrogen) atoms. The number of benzene rings is 1. The average molecular weight is 254 g/mol. The van der Waals surface area contributed by atoms with Crippen molar-refractivity contribution in [3.63, 3.8) is 0 Å². The second-order valence-corrected chi connectivity index (χ2v) is 5.25. The summed E-state index contributed by atoms with van der Waals surface area (Å²) in [4.78, 5) is 0. The second-order valence-electron chi connectivity index (χ2n) is 4.39. The fraction of sp³-hybridized carbons (Fsp3) is 0.364. The molecule has 0 radical (unpaired) electrons. The highest BCUT2D eigenvalue weighted by Gasteiger charge is 2.22. The van der Waals surface area contributed by atoms with E-state index in [0.29, 0.717) is 0 Å². The summed E-state index contributed by atoms with van der Waals surface area (Å²) in [6, 6.07) is 5.89. The molecule has 1 aromatic carbocycles. The van der Waals surface area contributed by atoms with Crippen molar-refractivity contribution in [1.29, 1.82) is 0 Å². The molecule has 0 saturated carbocycles. The van der Waals surface area contributed by atoms with Crippen molar-refractivity contribution in [2.24, 2.45) is 0 Å². The maximum absolute atomic E-state index is 5.28. The molecule has 0 bridgehead atoms. The summed E-state index contributed by atoms with van der Waals surface area (Å²) in [6.45, 7) is 6.39. The number of halogens is 1. The van der Waals surface area contributed by atoms with Crippen LogP contribution >= 0.6 is 15.9 Å². The zero-order valence-electron chi connectivity index (χ0n) is 8.47. The average Bonchev–Trinajstić information content (AvgIpc) is 2.47. The number of aromatic nitrogens is 1. The van der Waals surface area contributed by atoms with Gasteiger partial charge in [0.25, 0.3) is 0 Å². The van der Waals surface area contributed by atoms with E-state index in [1.165, 1.54) is 0 Å². The molecular weight excluding hydrogens is 242 g/mol. The van der Waals surface area contributed by atoms with Crippen LogP contribution in [0.1, 0.15) is 26.5 Å². The van der Waals surface area contributed by atoms with Crippen LogP contribution in [-0.4, -0.2) is 5.16 Å². The first kappa shape index (κ1) is 9.71. The highest BCUT2D eigenvalue weighted by molar-refractivity contribution is 9.10. The van der Waals surface area contributed by atoms with Crippen molar-refractivity contribution >= 4 is 26.9 Å². The van der Waals surface area contributed by atoms with Gasteiger partial charge in [-0.3, -0.25) is 0 Å². The van der Waals surface area contributed by atoms with E-state index in [4.69, 9.17) is 4.52 Å². The van der Waals surface area contributed by atoms with E-state index in [1.54, 1.807) is 0 Å². The molecule has 0 aliphatic carbocycles. The minimum absolute atomic E-state index is 0.00905. The fourth-order valence-electron chi connectivity index (χ4n) is 1.46. The quantitative estimate of drug-likeness (QED) is 0.712. The molecule has 74 valence electrons. The van der Waals surface area contributed by atoms with Crippen molar-refractivity contribution in [1.82, 2.24) is 5.16 Å². The summed E-state index contributed by atoms with van der Waals surface area (Å²) in [6.07, 6.45) is 0. The van der Waals surface area contributed by atoms with Gasteiger partial charge in [0, 0.05) is 9.89 Å². The number of hydrogen-bond donors (Lipinski definition) is 0. The van der Waals surface area contributed by atoms with Crippen LogP contribution in [0.4, 0.5) is 0 Å². The summed E-state index contributed by atoms with van der Waals surface area (Å²) in [7, 11) is 0. The Bertz CT molecular complexity index is 468. The van der Waals surface area contributed by atoms with Crippen molar-refractivity contribution in [2.75, 3.05) is 0 Å². The highest BCUT2D eigenvalue weighted by atomic mass is 79.9. The van der Waals surface area contributed by atoms with E-state index in [9.17, 15) is 0 Å². The van der Waals surface area contributed by atoms with E-state index < -0.39 is 0 Å². The predicted octanol–water partition coefficient (Wildman–Crippen LogP) is 3.89. The minimum atomic E-state index is 0.00905. The Kier molecular flexibility index (Phi) is 2.14. The third-order valence-corrected chi connectivity index (χ3v) is 2.82. The van der Waals surface area contributed by atoms with E-state index in [1.807, 2.05) is 18.2 Å².